The summed E-state index contributed by atoms with van der Waals surface area (Å²) < 4.78 is 0. The van der Waals surface area contributed by atoms with Gasteiger partial charge in [-0.2, -0.15) is 0 Å². The Morgan fingerprint density at radius 3 is 2.13 bits per heavy atom. The van der Waals surface area contributed by atoms with Gasteiger partial charge in [-0.05, 0) is 23.3 Å². The number of piperazine rings is 1. The van der Waals surface area contributed by atoms with Gasteiger partial charge in [0.05, 0.1) is 6.20 Å². The van der Waals surface area contributed by atoms with Crippen LogP contribution in [-0.4, -0.2) is 87.2 Å². The molecule has 2 amide bonds. The number of benzene rings is 2. The number of aromatic amines is 1. The highest BCUT2D eigenvalue weighted by atomic mass is 16.2. The van der Waals surface area contributed by atoms with Crippen molar-refractivity contribution in [1.29, 1.82) is 0 Å². The minimum atomic E-state index is -0.0854. The van der Waals surface area contributed by atoms with Gasteiger partial charge >= 0.3 is 0 Å². The second-order valence-corrected chi connectivity index (χ2v) is 7.99. The molecule has 0 radical (unpaired) electrons. The Hall–Kier alpha value is -3.52. The molecule has 158 valence electrons. The van der Waals surface area contributed by atoms with E-state index < -0.39 is 0 Å². The number of carbonyl (C=O) groups is 2. The normalized spacial score (nSPS) is 17.4. The van der Waals surface area contributed by atoms with E-state index >= 15 is 0 Å². The molecular formula is C23H24N6O2. The molecule has 1 N–H and O–H groups in total. The van der Waals surface area contributed by atoms with Crippen LogP contribution in [0.3, 0.4) is 0 Å². The summed E-state index contributed by atoms with van der Waals surface area (Å²) in [6, 6.07) is 18.3. The summed E-state index contributed by atoms with van der Waals surface area (Å²) >= 11 is 0. The summed E-state index contributed by atoms with van der Waals surface area (Å²) in [5, 5.41) is 9.98. The molecule has 2 saturated heterocycles. The van der Waals surface area contributed by atoms with E-state index in [1.54, 1.807) is 0 Å². The molecule has 8 heteroatoms. The quantitative estimate of drug-likeness (QED) is 0.701. The summed E-state index contributed by atoms with van der Waals surface area (Å²) in [4.78, 5) is 31.3. The predicted octanol–water partition coefficient (Wildman–Crippen LogP) is 1.75. The molecule has 0 spiro atoms. The van der Waals surface area contributed by atoms with Crippen molar-refractivity contribution < 1.29 is 9.59 Å². The van der Waals surface area contributed by atoms with Crippen LogP contribution >= 0.6 is 0 Å². The number of carbonyl (C=O) groups excluding carboxylic acids is 2. The second kappa shape index (κ2) is 8.31. The first kappa shape index (κ1) is 19.4. The highest BCUT2D eigenvalue weighted by molar-refractivity contribution is 5.95. The van der Waals surface area contributed by atoms with Crippen molar-refractivity contribution in [3.8, 4) is 11.1 Å². The zero-order chi connectivity index (χ0) is 21.2. The van der Waals surface area contributed by atoms with Crippen LogP contribution in [0.4, 0.5) is 0 Å². The average Bonchev–Trinajstić information content (AvgIpc) is 3.34. The number of aromatic nitrogens is 3. The van der Waals surface area contributed by atoms with Gasteiger partial charge in [-0.1, -0.05) is 47.7 Å². The van der Waals surface area contributed by atoms with Gasteiger partial charge in [0.1, 0.15) is 0 Å². The van der Waals surface area contributed by atoms with Crippen molar-refractivity contribution in [2.24, 2.45) is 0 Å². The molecule has 2 fully saturated rings. The molecular weight excluding hydrogens is 392 g/mol. The Morgan fingerprint density at radius 1 is 0.806 bits per heavy atom. The number of hydrogen-bond donors (Lipinski definition) is 1. The molecule has 2 aliphatic heterocycles. The lowest BCUT2D eigenvalue weighted by Gasteiger charge is -2.48. The van der Waals surface area contributed by atoms with Crippen LogP contribution in [-0.2, 0) is 0 Å². The Kier molecular flexibility index (Phi) is 5.21. The van der Waals surface area contributed by atoms with E-state index in [1.807, 2.05) is 52.3 Å². The third-order valence-electron chi connectivity index (χ3n) is 6.14. The summed E-state index contributed by atoms with van der Waals surface area (Å²) in [6.07, 6.45) is 1.52. The van der Waals surface area contributed by atoms with Crippen LogP contribution in [0.1, 0.15) is 20.8 Å². The molecule has 0 atom stereocenters. The van der Waals surface area contributed by atoms with E-state index in [9.17, 15) is 9.59 Å². The Labute approximate surface area is 180 Å². The fourth-order valence-electron chi connectivity index (χ4n) is 4.23. The number of hydrogen-bond acceptors (Lipinski definition) is 5. The Balaban J connectivity index is 1.12. The van der Waals surface area contributed by atoms with E-state index in [2.05, 4.69) is 32.4 Å². The molecule has 31 heavy (non-hydrogen) atoms. The van der Waals surface area contributed by atoms with Gasteiger partial charge in [-0.25, -0.2) is 0 Å². The van der Waals surface area contributed by atoms with E-state index in [0.29, 0.717) is 24.8 Å². The van der Waals surface area contributed by atoms with Gasteiger partial charge in [0.25, 0.3) is 11.8 Å². The van der Waals surface area contributed by atoms with Crippen molar-refractivity contribution in [3.63, 3.8) is 0 Å². The molecule has 2 aromatic carbocycles. The van der Waals surface area contributed by atoms with Crippen molar-refractivity contribution in [1.82, 2.24) is 30.1 Å². The summed E-state index contributed by atoms with van der Waals surface area (Å²) in [5.74, 6) is -0.00605. The third-order valence-corrected chi connectivity index (χ3v) is 6.14. The van der Waals surface area contributed by atoms with Crippen molar-refractivity contribution in [3.05, 3.63) is 72.1 Å². The summed E-state index contributed by atoms with van der Waals surface area (Å²) in [5.41, 5.74) is 3.33. The van der Waals surface area contributed by atoms with Gasteiger partial charge < -0.3 is 9.80 Å². The van der Waals surface area contributed by atoms with Crippen molar-refractivity contribution in [2.75, 3.05) is 39.3 Å². The van der Waals surface area contributed by atoms with Gasteiger partial charge in [0.15, 0.2) is 5.69 Å². The zero-order valence-electron chi connectivity index (χ0n) is 17.1. The predicted molar refractivity (Wildman–Crippen MR) is 115 cm³/mol. The maximum Gasteiger partial charge on any atom is 0.276 e. The topological polar surface area (TPSA) is 85.4 Å². The Morgan fingerprint density at radius 2 is 1.48 bits per heavy atom. The monoisotopic (exact) mass is 416 g/mol. The number of nitrogens with one attached hydrogen (secondary N) is 1. The van der Waals surface area contributed by atoms with Gasteiger partial charge in [0.2, 0.25) is 0 Å². The maximum absolute atomic E-state index is 12.8. The smallest absolute Gasteiger partial charge is 0.276 e. The molecule has 1 aromatic heterocycles. The molecule has 8 nitrogen and oxygen atoms in total. The van der Waals surface area contributed by atoms with Gasteiger partial charge in [0, 0.05) is 50.9 Å². The highest BCUT2D eigenvalue weighted by Gasteiger charge is 2.37. The number of rotatable bonds is 4. The van der Waals surface area contributed by atoms with Crippen LogP contribution in [0.15, 0.2) is 60.8 Å². The number of likely N-dealkylation sites (tertiary alicyclic amines) is 1. The van der Waals surface area contributed by atoms with E-state index in [4.69, 9.17) is 0 Å². The van der Waals surface area contributed by atoms with Crippen LogP contribution in [0.5, 0.6) is 0 Å². The van der Waals surface area contributed by atoms with Crippen LogP contribution < -0.4 is 0 Å². The van der Waals surface area contributed by atoms with Crippen LogP contribution in [0.2, 0.25) is 0 Å². The van der Waals surface area contributed by atoms with Crippen LogP contribution in [0.25, 0.3) is 11.1 Å². The molecule has 0 unspecified atom stereocenters. The zero-order valence-corrected chi connectivity index (χ0v) is 17.1. The minimum Gasteiger partial charge on any atom is -0.335 e. The largest absolute Gasteiger partial charge is 0.335 e. The number of nitrogens with zero attached hydrogens (tertiary/aromatic N) is 5. The lowest BCUT2D eigenvalue weighted by molar-refractivity contribution is 0.00842. The van der Waals surface area contributed by atoms with Crippen molar-refractivity contribution in [2.45, 2.75) is 6.04 Å². The minimum absolute atomic E-state index is 0.0794. The maximum atomic E-state index is 12.8. The second-order valence-electron chi connectivity index (χ2n) is 7.99. The SMILES string of the molecule is O=C(c1ccc(-c2ccccc2)cc1)N1CC(N2CCN(C(=O)c3c[nH]nn3)CC2)C1. The van der Waals surface area contributed by atoms with Gasteiger partial charge in [-0.15, -0.1) is 5.10 Å². The lowest BCUT2D eigenvalue weighted by Crippen LogP contribution is -2.64. The van der Waals surface area contributed by atoms with E-state index in [1.165, 1.54) is 6.20 Å². The first-order valence-electron chi connectivity index (χ1n) is 10.5. The number of amides is 2. The first-order chi connectivity index (χ1) is 15.2. The van der Waals surface area contributed by atoms with Crippen molar-refractivity contribution >= 4 is 11.8 Å². The fraction of sp³-hybridized carbons (Fsp3) is 0.304. The van der Waals surface area contributed by atoms with E-state index in [-0.39, 0.29) is 11.8 Å². The molecule has 3 aromatic rings. The van der Waals surface area contributed by atoms with E-state index in [0.717, 1.165) is 42.9 Å². The third kappa shape index (κ3) is 3.94. The molecule has 0 bridgehead atoms. The standard InChI is InChI=1S/C23H24N6O2/c30-22(19-8-6-18(7-9-19)17-4-2-1-3-5-17)29-15-20(16-29)27-10-12-28(13-11-27)23(31)21-14-24-26-25-21/h1-9,14,20H,10-13,15-16H2,(H,24,25,26). The molecule has 2 aliphatic rings. The Bertz CT molecular complexity index is 1040. The fourth-order valence-corrected chi connectivity index (χ4v) is 4.23. The lowest BCUT2D eigenvalue weighted by atomic mass is 10.0. The summed E-state index contributed by atoms with van der Waals surface area (Å²) in [7, 11) is 0. The molecule has 0 saturated carbocycles. The molecule has 3 heterocycles. The summed E-state index contributed by atoms with van der Waals surface area (Å²) in [6.45, 7) is 4.41. The first-order valence-corrected chi connectivity index (χ1v) is 10.5. The van der Waals surface area contributed by atoms with Crippen LogP contribution in [0, 0.1) is 0 Å². The number of H-pyrrole nitrogens is 1. The molecule has 5 rings (SSSR count). The van der Waals surface area contributed by atoms with Gasteiger partial charge in [-0.3, -0.25) is 19.6 Å². The highest BCUT2D eigenvalue weighted by Crippen LogP contribution is 2.23. The molecule has 0 aliphatic carbocycles. The average molecular weight is 416 g/mol.